The van der Waals surface area contributed by atoms with Gasteiger partial charge in [0.15, 0.2) is 0 Å². The molecule has 2 nitrogen and oxygen atoms in total. The van der Waals surface area contributed by atoms with Crippen molar-refractivity contribution in [1.82, 2.24) is 4.98 Å². The summed E-state index contributed by atoms with van der Waals surface area (Å²) >= 11 is 0. The van der Waals surface area contributed by atoms with Crippen LogP contribution in [-0.4, -0.2) is 4.98 Å². The minimum Gasteiger partial charge on any atom is -0.322 e. The smallest absolute Gasteiger partial charge is 0.0429 e. The molecule has 0 atom stereocenters. The molecule has 0 bridgehead atoms. The lowest BCUT2D eigenvalue weighted by atomic mass is 9.96. The lowest BCUT2D eigenvalue weighted by molar-refractivity contribution is 0.552. The summed E-state index contributed by atoms with van der Waals surface area (Å²) in [6.45, 7) is 3.84. The van der Waals surface area contributed by atoms with Crippen LogP contribution >= 0.6 is 0 Å². The summed E-state index contributed by atoms with van der Waals surface area (Å²) in [6, 6.07) is 1.88. The van der Waals surface area contributed by atoms with Crippen molar-refractivity contribution in [1.29, 1.82) is 0 Å². The highest BCUT2D eigenvalue weighted by molar-refractivity contribution is 5.34. The van der Waals surface area contributed by atoms with Gasteiger partial charge in [0.2, 0.25) is 0 Å². The van der Waals surface area contributed by atoms with E-state index < -0.39 is 0 Å². The lowest BCUT2D eigenvalue weighted by Gasteiger charge is -2.18. The van der Waals surface area contributed by atoms with Crippen LogP contribution in [0, 0.1) is 12.3 Å². The molecule has 1 heterocycles. The summed E-state index contributed by atoms with van der Waals surface area (Å²) in [7, 11) is 0. The molecule has 12 heavy (non-hydrogen) atoms. The van der Waals surface area contributed by atoms with E-state index in [4.69, 9.17) is 12.2 Å². The second-order valence-electron chi connectivity index (χ2n) is 3.33. The van der Waals surface area contributed by atoms with Crippen molar-refractivity contribution >= 4 is 0 Å². The Morgan fingerprint density at radius 1 is 1.50 bits per heavy atom. The Morgan fingerprint density at radius 2 is 2.17 bits per heavy atom. The molecule has 2 heteroatoms. The molecule has 0 saturated heterocycles. The predicted octanol–water partition coefficient (Wildman–Crippen LogP) is 1.26. The molecule has 0 aliphatic heterocycles. The number of nitrogens with zero attached hydrogens (tertiary/aromatic N) is 1. The van der Waals surface area contributed by atoms with Crippen LogP contribution < -0.4 is 5.73 Å². The van der Waals surface area contributed by atoms with Gasteiger partial charge in [-0.1, -0.05) is 5.92 Å². The van der Waals surface area contributed by atoms with E-state index in [1.807, 2.05) is 19.9 Å². The fourth-order valence-corrected chi connectivity index (χ4v) is 0.871. The minimum absolute atomic E-state index is 0.375. The van der Waals surface area contributed by atoms with Gasteiger partial charge in [-0.25, -0.2) is 0 Å². The second-order valence-corrected chi connectivity index (χ2v) is 3.33. The molecule has 1 aromatic rings. The molecular formula is C10H12N2. The molecule has 0 saturated carbocycles. The van der Waals surface area contributed by atoms with E-state index in [1.165, 1.54) is 0 Å². The van der Waals surface area contributed by atoms with E-state index in [0.29, 0.717) is 0 Å². The third-order valence-electron chi connectivity index (χ3n) is 1.65. The van der Waals surface area contributed by atoms with Gasteiger partial charge in [-0.05, 0) is 25.5 Å². The van der Waals surface area contributed by atoms with E-state index in [-0.39, 0.29) is 5.54 Å². The van der Waals surface area contributed by atoms with Crippen molar-refractivity contribution in [2.45, 2.75) is 19.4 Å². The molecule has 1 aromatic heterocycles. The third-order valence-corrected chi connectivity index (χ3v) is 1.65. The number of hydrogen-bond acceptors (Lipinski definition) is 2. The Labute approximate surface area is 72.8 Å². The number of pyridine rings is 1. The Bertz CT molecular complexity index is 315. The molecule has 0 spiro atoms. The molecule has 1 rings (SSSR count). The topological polar surface area (TPSA) is 38.9 Å². The van der Waals surface area contributed by atoms with Gasteiger partial charge in [-0.15, -0.1) is 6.42 Å². The van der Waals surface area contributed by atoms with Crippen molar-refractivity contribution in [3.63, 3.8) is 0 Å². The molecule has 0 aromatic carbocycles. The van der Waals surface area contributed by atoms with Crippen molar-refractivity contribution < 1.29 is 0 Å². The molecule has 0 amide bonds. The van der Waals surface area contributed by atoms with Crippen LogP contribution in [0.15, 0.2) is 18.5 Å². The first kappa shape index (κ1) is 8.76. The summed E-state index contributed by atoms with van der Waals surface area (Å²) in [4.78, 5) is 4.00. The van der Waals surface area contributed by atoms with Gasteiger partial charge < -0.3 is 5.73 Å². The highest BCUT2D eigenvalue weighted by atomic mass is 14.7. The van der Waals surface area contributed by atoms with Gasteiger partial charge in [-0.2, -0.15) is 0 Å². The molecule has 0 radical (unpaired) electrons. The molecule has 0 unspecified atom stereocenters. The molecule has 0 aliphatic carbocycles. The minimum atomic E-state index is -0.375. The van der Waals surface area contributed by atoms with Crippen LogP contribution in [0.3, 0.4) is 0 Å². The number of hydrogen-bond donors (Lipinski definition) is 1. The van der Waals surface area contributed by atoms with Crippen LogP contribution in [0.2, 0.25) is 0 Å². The van der Waals surface area contributed by atoms with Crippen LogP contribution in [-0.2, 0) is 5.54 Å². The van der Waals surface area contributed by atoms with Gasteiger partial charge >= 0.3 is 0 Å². The first-order valence-corrected chi connectivity index (χ1v) is 3.75. The van der Waals surface area contributed by atoms with Gasteiger partial charge in [0.25, 0.3) is 0 Å². The third kappa shape index (κ3) is 1.84. The number of nitrogens with two attached hydrogens (primary N) is 1. The van der Waals surface area contributed by atoms with Gasteiger partial charge in [-0.3, -0.25) is 4.98 Å². The first-order chi connectivity index (χ1) is 5.54. The van der Waals surface area contributed by atoms with E-state index in [9.17, 15) is 0 Å². The molecule has 62 valence electrons. The van der Waals surface area contributed by atoms with Crippen molar-refractivity contribution in [3.05, 3.63) is 29.6 Å². The van der Waals surface area contributed by atoms with Gasteiger partial charge in [0, 0.05) is 23.5 Å². The Kier molecular flexibility index (Phi) is 2.16. The predicted molar refractivity (Wildman–Crippen MR) is 49.4 cm³/mol. The quantitative estimate of drug-likeness (QED) is 0.628. The normalized spacial score (nSPS) is 10.8. The summed E-state index contributed by atoms with van der Waals surface area (Å²) < 4.78 is 0. The molecule has 2 N–H and O–H groups in total. The van der Waals surface area contributed by atoms with Crippen molar-refractivity contribution in [3.8, 4) is 12.3 Å². The fourth-order valence-electron chi connectivity index (χ4n) is 0.871. The van der Waals surface area contributed by atoms with Crippen molar-refractivity contribution in [2.24, 2.45) is 5.73 Å². The Morgan fingerprint density at radius 3 is 2.67 bits per heavy atom. The average molecular weight is 160 g/mol. The fraction of sp³-hybridized carbons (Fsp3) is 0.300. The molecule has 0 aliphatic rings. The summed E-state index contributed by atoms with van der Waals surface area (Å²) in [5.74, 6) is 2.52. The lowest BCUT2D eigenvalue weighted by Crippen LogP contribution is -2.28. The van der Waals surface area contributed by atoms with E-state index in [1.54, 1.807) is 12.4 Å². The van der Waals surface area contributed by atoms with Crippen molar-refractivity contribution in [2.75, 3.05) is 0 Å². The number of terminal acetylenes is 1. The first-order valence-electron chi connectivity index (χ1n) is 3.75. The Balaban J connectivity index is 3.13. The summed E-state index contributed by atoms with van der Waals surface area (Å²) in [6.07, 6.45) is 8.62. The maximum atomic E-state index is 5.87. The zero-order valence-electron chi connectivity index (χ0n) is 7.33. The Hall–Kier alpha value is -1.33. The zero-order chi connectivity index (χ0) is 9.19. The summed E-state index contributed by atoms with van der Waals surface area (Å²) in [5.41, 5.74) is 7.22. The zero-order valence-corrected chi connectivity index (χ0v) is 7.33. The summed E-state index contributed by atoms with van der Waals surface area (Å²) in [5, 5.41) is 0. The van der Waals surface area contributed by atoms with E-state index in [2.05, 4.69) is 10.9 Å². The highest BCUT2D eigenvalue weighted by Crippen LogP contribution is 2.15. The largest absolute Gasteiger partial charge is 0.322 e. The second kappa shape index (κ2) is 2.96. The average Bonchev–Trinajstić information content (AvgIpc) is 2.03. The van der Waals surface area contributed by atoms with Crippen LogP contribution in [0.1, 0.15) is 25.0 Å². The molecule has 0 fully saturated rings. The van der Waals surface area contributed by atoms with Crippen LogP contribution in [0.4, 0.5) is 0 Å². The SMILES string of the molecule is C#Cc1cncc(C(C)(C)N)c1. The number of rotatable bonds is 1. The van der Waals surface area contributed by atoms with Crippen LogP contribution in [0.5, 0.6) is 0 Å². The maximum Gasteiger partial charge on any atom is 0.0429 e. The highest BCUT2D eigenvalue weighted by Gasteiger charge is 2.13. The standard InChI is InChI=1S/C10H12N2/c1-4-8-5-9(7-12-6-8)10(2,3)11/h1,5-7H,11H2,2-3H3. The monoisotopic (exact) mass is 160 g/mol. The number of aromatic nitrogens is 1. The molecular weight excluding hydrogens is 148 g/mol. The van der Waals surface area contributed by atoms with E-state index >= 15 is 0 Å². The van der Waals surface area contributed by atoms with Gasteiger partial charge in [0.1, 0.15) is 0 Å². The van der Waals surface area contributed by atoms with Gasteiger partial charge in [0.05, 0.1) is 0 Å². The van der Waals surface area contributed by atoms with E-state index in [0.717, 1.165) is 11.1 Å². The van der Waals surface area contributed by atoms with Crippen LogP contribution in [0.25, 0.3) is 0 Å². The maximum absolute atomic E-state index is 5.87.